The van der Waals surface area contributed by atoms with Gasteiger partial charge in [0.15, 0.2) is 0 Å². The molecule has 4 heteroatoms. The molecule has 0 atom stereocenters. The molecule has 112 valence electrons. The molecule has 0 fully saturated rings. The summed E-state index contributed by atoms with van der Waals surface area (Å²) in [4.78, 5) is 1.93. The molecule has 21 heavy (non-hydrogen) atoms. The summed E-state index contributed by atoms with van der Waals surface area (Å²) in [5, 5.41) is 3.29. The van der Waals surface area contributed by atoms with Gasteiger partial charge in [-0.15, -0.1) is 0 Å². The third-order valence-corrected chi connectivity index (χ3v) is 3.92. The SMILES string of the molecule is CCCNCc1cc(F)cc(Sc2cccc(OC)c2)c1. The van der Waals surface area contributed by atoms with Crippen LogP contribution in [0.5, 0.6) is 5.75 Å². The summed E-state index contributed by atoms with van der Waals surface area (Å²) in [5.41, 5.74) is 0.967. The predicted octanol–water partition coefficient (Wildman–Crippen LogP) is 4.49. The van der Waals surface area contributed by atoms with Gasteiger partial charge in [0.25, 0.3) is 0 Å². The fraction of sp³-hybridized carbons (Fsp3) is 0.294. The number of benzene rings is 2. The Morgan fingerprint density at radius 3 is 2.76 bits per heavy atom. The second-order valence-electron chi connectivity index (χ2n) is 4.75. The molecule has 0 aliphatic heterocycles. The van der Waals surface area contributed by atoms with E-state index < -0.39 is 0 Å². The molecule has 2 aromatic carbocycles. The Labute approximate surface area is 129 Å². The summed E-state index contributed by atoms with van der Waals surface area (Å²) in [6.07, 6.45) is 1.07. The molecule has 0 saturated carbocycles. The maximum atomic E-state index is 13.7. The van der Waals surface area contributed by atoms with Crippen molar-refractivity contribution in [1.82, 2.24) is 5.32 Å². The number of methoxy groups -OCH3 is 1. The molecule has 0 spiro atoms. The van der Waals surface area contributed by atoms with Gasteiger partial charge in [0.2, 0.25) is 0 Å². The van der Waals surface area contributed by atoms with Crippen molar-refractivity contribution >= 4 is 11.8 Å². The number of hydrogen-bond acceptors (Lipinski definition) is 3. The average Bonchev–Trinajstić information content (AvgIpc) is 2.47. The zero-order valence-corrected chi connectivity index (χ0v) is 13.2. The third-order valence-electron chi connectivity index (χ3n) is 2.96. The third kappa shape index (κ3) is 5.06. The Kier molecular flexibility index (Phi) is 6.08. The van der Waals surface area contributed by atoms with Crippen molar-refractivity contribution in [1.29, 1.82) is 0 Å². The zero-order chi connectivity index (χ0) is 15.1. The lowest BCUT2D eigenvalue weighted by atomic mass is 10.2. The largest absolute Gasteiger partial charge is 0.497 e. The predicted molar refractivity (Wildman–Crippen MR) is 85.5 cm³/mol. The molecule has 0 radical (unpaired) electrons. The van der Waals surface area contributed by atoms with Crippen molar-refractivity contribution in [2.45, 2.75) is 29.7 Å². The summed E-state index contributed by atoms with van der Waals surface area (Å²) in [6, 6.07) is 12.9. The van der Waals surface area contributed by atoms with Crippen molar-refractivity contribution < 1.29 is 9.13 Å². The Morgan fingerprint density at radius 1 is 1.14 bits per heavy atom. The van der Waals surface area contributed by atoms with Crippen LogP contribution in [0.4, 0.5) is 4.39 Å². The van der Waals surface area contributed by atoms with Crippen molar-refractivity contribution in [3.8, 4) is 5.75 Å². The molecule has 0 bridgehead atoms. The van der Waals surface area contributed by atoms with E-state index in [0.717, 1.165) is 34.1 Å². The number of ether oxygens (including phenoxy) is 1. The highest BCUT2D eigenvalue weighted by molar-refractivity contribution is 7.99. The van der Waals surface area contributed by atoms with Gasteiger partial charge in [-0.05, 0) is 54.9 Å². The fourth-order valence-corrected chi connectivity index (χ4v) is 2.97. The Hall–Kier alpha value is -1.52. The fourth-order valence-electron chi connectivity index (χ4n) is 1.99. The molecule has 1 N–H and O–H groups in total. The minimum Gasteiger partial charge on any atom is -0.497 e. The monoisotopic (exact) mass is 305 g/mol. The maximum Gasteiger partial charge on any atom is 0.124 e. The van der Waals surface area contributed by atoms with Crippen LogP contribution in [0, 0.1) is 5.82 Å². The van der Waals surface area contributed by atoms with Crippen molar-refractivity contribution in [3.05, 3.63) is 53.8 Å². The summed E-state index contributed by atoms with van der Waals surface area (Å²) >= 11 is 1.54. The van der Waals surface area contributed by atoms with Crippen LogP contribution in [0.3, 0.4) is 0 Å². The van der Waals surface area contributed by atoms with Gasteiger partial charge in [0.1, 0.15) is 11.6 Å². The summed E-state index contributed by atoms with van der Waals surface area (Å²) < 4.78 is 18.9. The lowest BCUT2D eigenvalue weighted by Gasteiger charge is -2.08. The van der Waals surface area contributed by atoms with E-state index in [4.69, 9.17) is 4.74 Å². The molecule has 0 amide bonds. The van der Waals surface area contributed by atoms with E-state index >= 15 is 0 Å². The number of rotatable bonds is 7. The number of halogens is 1. The lowest BCUT2D eigenvalue weighted by Crippen LogP contribution is -2.13. The van der Waals surface area contributed by atoms with Gasteiger partial charge in [-0.2, -0.15) is 0 Å². The molecule has 2 aromatic rings. The Morgan fingerprint density at radius 2 is 2.00 bits per heavy atom. The van der Waals surface area contributed by atoms with Crippen molar-refractivity contribution in [2.75, 3.05) is 13.7 Å². The molecule has 0 aromatic heterocycles. The maximum absolute atomic E-state index is 13.7. The van der Waals surface area contributed by atoms with Gasteiger partial charge in [-0.25, -0.2) is 4.39 Å². The highest BCUT2D eigenvalue weighted by Gasteiger charge is 2.04. The van der Waals surface area contributed by atoms with E-state index in [1.807, 2.05) is 30.3 Å². The van der Waals surface area contributed by atoms with Gasteiger partial charge < -0.3 is 10.1 Å². The Balaban J connectivity index is 2.11. The first-order valence-electron chi connectivity index (χ1n) is 7.03. The smallest absolute Gasteiger partial charge is 0.124 e. The van der Waals surface area contributed by atoms with Crippen LogP contribution in [0.2, 0.25) is 0 Å². The van der Waals surface area contributed by atoms with E-state index in [1.165, 1.54) is 11.8 Å². The number of nitrogens with one attached hydrogen (secondary N) is 1. The van der Waals surface area contributed by atoms with E-state index in [2.05, 4.69) is 12.2 Å². The summed E-state index contributed by atoms with van der Waals surface area (Å²) in [6.45, 7) is 3.74. The second-order valence-corrected chi connectivity index (χ2v) is 5.90. The topological polar surface area (TPSA) is 21.3 Å². The van der Waals surface area contributed by atoms with E-state index in [-0.39, 0.29) is 5.82 Å². The highest BCUT2D eigenvalue weighted by Crippen LogP contribution is 2.31. The molecular formula is C17H20FNOS. The van der Waals surface area contributed by atoms with Crippen LogP contribution in [0.1, 0.15) is 18.9 Å². The zero-order valence-electron chi connectivity index (χ0n) is 12.4. The van der Waals surface area contributed by atoms with E-state index in [1.54, 1.807) is 19.2 Å². The summed E-state index contributed by atoms with van der Waals surface area (Å²) in [7, 11) is 1.64. The van der Waals surface area contributed by atoms with Crippen LogP contribution in [-0.2, 0) is 6.54 Å². The molecular weight excluding hydrogens is 285 g/mol. The molecule has 2 nitrogen and oxygen atoms in total. The molecule has 0 heterocycles. The molecule has 0 unspecified atom stereocenters. The molecule has 0 aliphatic carbocycles. The van der Waals surface area contributed by atoms with Crippen LogP contribution < -0.4 is 10.1 Å². The highest BCUT2D eigenvalue weighted by atomic mass is 32.2. The van der Waals surface area contributed by atoms with E-state index in [9.17, 15) is 4.39 Å². The van der Waals surface area contributed by atoms with E-state index in [0.29, 0.717) is 6.54 Å². The van der Waals surface area contributed by atoms with Gasteiger partial charge >= 0.3 is 0 Å². The van der Waals surface area contributed by atoms with Crippen molar-refractivity contribution in [2.24, 2.45) is 0 Å². The second kappa shape index (κ2) is 8.05. The molecule has 0 aliphatic rings. The summed E-state index contributed by atoms with van der Waals surface area (Å²) in [5.74, 6) is 0.609. The number of hydrogen-bond donors (Lipinski definition) is 1. The lowest BCUT2D eigenvalue weighted by molar-refractivity contribution is 0.413. The van der Waals surface area contributed by atoms with Gasteiger partial charge in [0.05, 0.1) is 7.11 Å². The minimum atomic E-state index is -0.198. The normalized spacial score (nSPS) is 10.6. The van der Waals surface area contributed by atoms with Crippen molar-refractivity contribution in [3.63, 3.8) is 0 Å². The van der Waals surface area contributed by atoms with Gasteiger partial charge in [-0.1, -0.05) is 24.8 Å². The minimum absolute atomic E-state index is 0.198. The first kappa shape index (κ1) is 15.9. The molecule has 0 saturated heterocycles. The average molecular weight is 305 g/mol. The van der Waals surface area contributed by atoms with Crippen LogP contribution in [-0.4, -0.2) is 13.7 Å². The van der Waals surface area contributed by atoms with Crippen LogP contribution in [0.15, 0.2) is 52.3 Å². The van der Waals surface area contributed by atoms with Gasteiger partial charge in [0, 0.05) is 16.3 Å². The first-order valence-corrected chi connectivity index (χ1v) is 7.85. The quantitative estimate of drug-likeness (QED) is 0.762. The van der Waals surface area contributed by atoms with Crippen LogP contribution >= 0.6 is 11.8 Å². The van der Waals surface area contributed by atoms with Gasteiger partial charge in [-0.3, -0.25) is 0 Å². The molecule has 2 rings (SSSR count). The van der Waals surface area contributed by atoms with Crippen LogP contribution in [0.25, 0.3) is 0 Å². The Bertz CT molecular complexity index is 589. The standard InChI is InChI=1S/C17H20FNOS/c1-3-7-19-12-13-8-14(18)10-17(9-13)21-16-6-4-5-15(11-16)20-2/h4-6,8-11,19H,3,7,12H2,1-2H3. The first-order chi connectivity index (χ1) is 10.2.